The van der Waals surface area contributed by atoms with Gasteiger partial charge in [-0.15, -0.1) is 0 Å². The van der Waals surface area contributed by atoms with Crippen molar-refractivity contribution in [1.82, 2.24) is 4.31 Å². The Bertz CT molecular complexity index is 678. The number of nitrogens with zero attached hydrogens (tertiary/aromatic N) is 1. The molecule has 5 nitrogen and oxygen atoms in total. The van der Waals surface area contributed by atoms with Crippen molar-refractivity contribution in [2.45, 2.75) is 31.2 Å². The molecule has 1 aromatic rings. The fourth-order valence-corrected chi connectivity index (χ4v) is 5.96. The van der Waals surface area contributed by atoms with Crippen LogP contribution in [0.3, 0.4) is 0 Å². The quantitative estimate of drug-likeness (QED) is 0.836. The Kier molecular flexibility index (Phi) is 4.22. The minimum absolute atomic E-state index is 0.0670. The second kappa shape index (κ2) is 5.46. The highest BCUT2D eigenvalue weighted by Crippen LogP contribution is 2.24. The average Bonchev–Trinajstić information content (AvgIpc) is 2.70. The highest BCUT2D eigenvalue weighted by atomic mass is 32.2. The van der Waals surface area contributed by atoms with Crippen LogP contribution in [-0.4, -0.2) is 45.2 Å². The van der Waals surface area contributed by atoms with Crippen molar-refractivity contribution in [3.8, 4) is 0 Å². The lowest BCUT2D eigenvalue weighted by Crippen LogP contribution is -2.40. The Morgan fingerprint density at radius 1 is 1.25 bits per heavy atom. The van der Waals surface area contributed by atoms with Crippen LogP contribution in [0.25, 0.3) is 0 Å². The van der Waals surface area contributed by atoms with E-state index in [0.29, 0.717) is 6.42 Å². The summed E-state index contributed by atoms with van der Waals surface area (Å²) in [6.45, 7) is 3.89. The van der Waals surface area contributed by atoms with Gasteiger partial charge in [0.05, 0.1) is 16.4 Å². The fraction of sp³-hybridized carbons (Fsp3) is 0.538. The first-order valence-corrected chi connectivity index (χ1v) is 9.81. The van der Waals surface area contributed by atoms with Gasteiger partial charge in [-0.25, -0.2) is 16.8 Å². The van der Waals surface area contributed by atoms with Crippen molar-refractivity contribution < 1.29 is 16.8 Å². The summed E-state index contributed by atoms with van der Waals surface area (Å²) >= 11 is 0. The number of hydrogen-bond acceptors (Lipinski definition) is 4. The molecule has 1 aliphatic heterocycles. The summed E-state index contributed by atoms with van der Waals surface area (Å²) < 4.78 is 49.6. The van der Waals surface area contributed by atoms with E-state index in [-0.39, 0.29) is 22.9 Å². The van der Waals surface area contributed by atoms with E-state index in [1.54, 1.807) is 31.2 Å². The van der Waals surface area contributed by atoms with Crippen LogP contribution in [-0.2, 0) is 19.9 Å². The van der Waals surface area contributed by atoms with Gasteiger partial charge in [0.2, 0.25) is 10.0 Å². The van der Waals surface area contributed by atoms with Gasteiger partial charge in [-0.3, -0.25) is 0 Å². The van der Waals surface area contributed by atoms with E-state index in [2.05, 4.69) is 0 Å². The van der Waals surface area contributed by atoms with Crippen molar-refractivity contribution in [2.24, 2.45) is 0 Å². The third-order valence-electron chi connectivity index (χ3n) is 3.55. The molecule has 0 aromatic heterocycles. The third kappa shape index (κ3) is 3.05. The van der Waals surface area contributed by atoms with Gasteiger partial charge in [-0.05, 0) is 25.5 Å². The van der Waals surface area contributed by atoms with Crippen LogP contribution in [0.1, 0.15) is 18.9 Å². The summed E-state index contributed by atoms with van der Waals surface area (Å²) in [5.74, 6) is -0.0104. The Labute approximate surface area is 120 Å². The molecule has 1 aromatic carbocycles. The first-order valence-electron chi connectivity index (χ1n) is 6.55. The second-order valence-electron chi connectivity index (χ2n) is 5.08. The van der Waals surface area contributed by atoms with Crippen LogP contribution >= 0.6 is 0 Å². The zero-order chi connectivity index (χ0) is 15.0. The van der Waals surface area contributed by atoms with Gasteiger partial charge in [-0.2, -0.15) is 4.31 Å². The Balaban J connectivity index is 2.33. The van der Waals surface area contributed by atoms with E-state index in [1.807, 2.05) is 6.92 Å². The number of benzene rings is 1. The van der Waals surface area contributed by atoms with Crippen molar-refractivity contribution in [3.05, 3.63) is 29.8 Å². The summed E-state index contributed by atoms with van der Waals surface area (Å²) in [5.41, 5.74) is 0.982. The molecule has 0 N–H and O–H groups in total. The first-order chi connectivity index (χ1) is 9.26. The van der Waals surface area contributed by atoms with E-state index in [9.17, 15) is 16.8 Å². The summed E-state index contributed by atoms with van der Waals surface area (Å²) in [5, 5.41) is 0. The number of hydrogen-bond donors (Lipinski definition) is 0. The summed E-state index contributed by atoms with van der Waals surface area (Å²) in [6.07, 6.45) is 0.376. The van der Waals surface area contributed by atoms with Gasteiger partial charge in [0.15, 0.2) is 9.84 Å². The maximum atomic E-state index is 12.6. The molecule has 0 spiro atoms. The van der Waals surface area contributed by atoms with E-state index in [1.165, 1.54) is 4.31 Å². The highest BCUT2D eigenvalue weighted by molar-refractivity contribution is 7.92. The molecule has 1 aliphatic rings. The van der Waals surface area contributed by atoms with Crippen LogP contribution in [0.4, 0.5) is 0 Å². The monoisotopic (exact) mass is 317 g/mol. The average molecular weight is 317 g/mol. The lowest BCUT2D eigenvalue weighted by molar-refractivity contribution is 0.354. The lowest BCUT2D eigenvalue weighted by atomic mass is 10.2. The van der Waals surface area contributed by atoms with E-state index < -0.39 is 25.9 Å². The van der Waals surface area contributed by atoms with Crippen LogP contribution in [0.15, 0.2) is 29.2 Å². The van der Waals surface area contributed by atoms with Crippen LogP contribution < -0.4 is 0 Å². The maximum Gasteiger partial charge on any atom is 0.243 e. The van der Waals surface area contributed by atoms with Crippen molar-refractivity contribution in [2.75, 3.05) is 18.1 Å². The molecular weight excluding hydrogens is 298 g/mol. The van der Waals surface area contributed by atoms with Crippen LogP contribution in [0, 0.1) is 6.92 Å². The molecule has 7 heteroatoms. The fourth-order valence-electron chi connectivity index (χ4n) is 2.47. The number of aryl methyl sites for hydroxylation is 1. The Hall–Kier alpha value is -0.920. The molecule has 2 rings (SSSR count). The molecular formula is C13H19NO4S2. The Morgan fingerprint density at radius 2 is 1.85 bits per heavy atom. The van der Waals surface area contributed by atoms with Crippen molar-refractivity contribution in [3.63, 3.8) is 0 Å². The number of sulfone groups is 1. The molecule has 112 valence electrons. The molecule has 1 unspecified atom stereocenters. The van der Waals surface area contributed by atoms with Crippen molar-refractivity contribution >= 4 is 19.9 Å². The molecule has 0 radical (unpaired) electrons. The largest absolute Gasteiger partial charge is 0.243 e. The molecule has 1 fully saturated rings. The van der Waals surface area contributed by atoms with Gasteiger partial charge in [0.25, 0.3) is 0 Å². The lowest BCUT2D eigenvalue weighted by Gasteiger charge is -2.26. The molecule has 0 amide bonds. The maximum absolute atomic E-state index is 12.6. The summed E-state index contributed by atoms with van der Waals surface area (Å²) in [6, 6.07) is 6.17. The van der Waals surface area contributed by atoms with E-state index in [4.69, 9.17) is 0 Å². The normalized spacial score (nSPS) is 22.2. The van der Waals surface area contributed by atoms with Gasteiger partial charge < -0.3 is 0 Å². The summed E-state index contributed by atoms with van der Waals surface area (Å²) in [4.78, 5) is 0.217. The molecule has 1 saturated heterocycles. The van der Waals surface area contributed by atoms with Crippen LogP contribution in [0.5, 0.6) is 0 Å². The predicted molar refractivity (Wildman–Crippen MR) is 77.8 cm³/mol. The van der Waals surface area contributed by atoms with Crippen molar-refractivity contribution in [1.29, 1.82) is 0 Å². The molecule has 1 atom stereocenters. The zero-order valence-corrected chi connectivity index (χ0v) is 13.2. The van der Waals surface area contributed by atoms with Gasteiger partial charge in [-0.1, -0.05) is 24.6 Å². The van der Waals surface area contributed by atoms with Gasteiger partial charge in [0, 0.05) is 12.6 Å². The second-order valence-corrected chi connectivity index (χ2v) is 9.20. The SMILES string of the molecule is CCN(C1CCS(=O)(=O)C1)S(=O)(=O)c1ccc(C)cc1. The number of rotatable bonds is 4. The molecule has 0 bridgehead atoms. The van der Waals surface area contributed by atoms with Gasteiger partial charge >= 0.3 is 0 Å². The van der Waals surface area contributed by atoms with Crippen LogP contribution in [0.2, 0.25) is 0 Å². The molecule has 20 heavy (non-hydrogen) atoms. The minimum atomic E-state index is -3.63. The topological polar surface area (TPSA) is 71.5 Å². The minimum Gasteiger partial charge on any atom is -0.229 e. The predicted octanol–water partition coefficient (Wildman–Crippen LogP) is 1.19. The van der Waals surface area contributed by atoms with E-state index in [0.717, 1.165) is 5.56 Å². The Morgan fingerprint density at radius 3 is 2.30 bits per heavy atom. The standard InChI is InChI=1S/C13H19NO4S2/c1-3-14(12-8-9-19(15,16)10-12)20(17,18)13-6-4-11(2)5-7-13/h4-7,12H,3,8-10H2,1-2H3. The smallest absolute Gasteiger partial charge is 0.229 e. The third-order valence-corrected chi connectivity index (χ3v) is 7.35. The first kappa shape index (κ1) is 15.5. The molecule has 0 aliphatic carbocycles. The number of sulfonamides is 1. The highest BCUT2D eigenvalue weighted by Gasteiger charge is 2.37. The zero-order valence-electron chi connectivity index (χ0n) is 11.6. The summed E-state index contributed by atoms with van der Waals surface area (Å²) in [7, 11) is -6.74. The van der Waals surface area contributed by atoms with Gasteiger partial charge in [0.1, 0.15) is 0 Å². The molecule has 0 saturated carbocycles. The van der Waals surface area contributed by atoms with E-state index >= 15 is 0 Å². The molecule has 1 heterocycles.